The Kier molecular flexibility index (Phi) is 3.56. The predicted molar refractivity (Wildman–Crippen MR) is 79.3 cm³/mol. The van der Waals surface area contributed by atoms with Crippen molar-refractivity contribution in [3.05, 3.63) is 40.1 Å². The second kappa shape index (κ2) is 5.38. The van der Waals surface area contributed by atoms with Gasteiger partial charge < -0.3 is 9.32 Å². The van der Waals surface area contributed by atoms with Crippen molar-refractivity contribution >= 4 is 17.3 Å². The van der Waals surface area contributed by atoms with Crippen LogP contribution in [0.4, 0.5) is 5.69 Å². The Balaban J connectivity index is 2.00. The highest BCUT2D eigenvalue weighted by atomic mass is 35.5. The molecular weight excluding hydrogens is 288 g/mol. The first kappa shape index (κ1) is 13.9. The zero-order valence-corrected chi connectivity index (χ0v) is 12.7. The number of anilines is 1. The minimum absolute atomic E-state index is 0.0777. The molecule has 1 aliphatic heterocycles. The van der Waals surface area contributed by atoms with E-state index in [2.05, 4.69) is 21.2 Å². The SMILES string of the molecule is Cc1nnc(C2CCCN2c2ccc(C#N)c(Cl)c2C)o1. The minimum Gasteiger partial charge on any atom is -0.423 e. The van der Waals surface area contributed by atoms with E-state index in [0.717, 1.165) is 30.6 Å². The van der Waals surface area contributed by atoms with Gasteiger partial charge in [-0.1, -0.05) is 11.6 Å². The fourth-order valence-electron chi connectivity index (χ4n) is 2.83. The van der Waals surface area contributed by atoms with Crippen LogP contribution in [-0.2, 0) is 0 Å². The molecule has 0 aliphatic carbocycles. The molecule has 2 heterocycles. The molecule has 5 nitrogen and oxygen atoms in total. The summed E-state index contributed by atoms with van der Waals surface area (Å²) in [5, 5.41) is 17.6. The van der Waals surface area contributed by atoms with E-state index in [1.54, 1.807) is 13.0 Å². The van der Waals surface area contributed by atoms with Gasteiger partial charge in [0.05, 0.1) is 10.6 Å². The lowest BCUT2D eigenvalue weighted by Gasteiger charge is -2.26. The molecule has 0 spiro atoms. The first-order valence-corrected chi connectivity index (χ1v) is 7.25. The molecule has 0 radical (unpaired) electrons. The number of aryl methyl sites for hydroxylation is 1. The molecule has 1 unspecified atom stereocenters. The van der Waals surface area contributed by atoms with E-state index in [0.29, 0.717) is 22.4 Å². The van der Waals surface area contributed by atoms with Crippen LogP contribution in [0.3, 0.4) is 0 Å². The number of aromatic nitrogens is 2. The van der Waals surface area contributed by atoms with Crippen molar-refractivity contribution in [2.24, 2.45) is 0 Å². The first-order chi connectivity index (χ1) is 10.1. The molecule has 1 aromatic carbocycles. The molecule has 1 atom stereocenters. The highest BCUT2D eigenvalue weighted by Gasteiger charge is 2.31. The Hall–Kier alpha value is -2.06. The quantitative estimate of drug-likeness (QED) is 0.848. The van der Waals surface area contributed by atoms with Crippen molar-refractivity contribution in [2.75, 3.05) is 11.4 Å². The Morgan fingerprint density at radius 1 is 1.38 bits per heavy atom. The maximum atomic E-state index is 9.05. The van der Waals surface area contributed by atoms with Crippen LogP contribution in [0, 0.1) is 25.2 Å². The van der Waals surface area contributed by atoms with Crippen LogP contribution in [0.15, 0.2) is 16.5 Å². The number of rotatable bonds is 2. The minimum atomic E-state index is 0.0777. The van der Waals surface area contributed by atoms with Gasteiger partial charge in [0.1, 0.15) is 12.1 Å². The molecule has 1 aliphatic rings. The Morgan fingerprint density at radius 2 is 2.19 bits per heavy atom. The number of hydrogen-bond donors (Lipinski definition) is 0. The largest absolute Gasteiger partial charge is 0.423 e. The second-order valence-corrected chi connectivity index (χ2v) is 5.57. The van der Waals surface area contributed by atoms with Gasteiger partial charge in [0.2, 0.25) is 11.8 Å². The molecule has 21 heavy (non-hydrogen) atoms. The smallest absolute Gasteiger partial charge is 0.238 e. The van der Waals surface area contributed by atoms with E-state index in [1.807, 2.05) is 13.0 Å². The molecule has 1 aromatic heterocycles. The summed E-state index contributed by atoms with van der Waals surface area (Å²) in [7, 11) is 0. The van der Waals surface area contributed by atoms with Gasteiger partial charge in [0.25, 0.3) is 0 Å². The molecule has 0 saturated carbocycles. The van der Waals surface area contributed by atoms with Gasteiger partial charge in [0, 0.05) is 19.2 Å². The number of hydrogen-bond acceptors (Lipinski definition) is 5. The Morgan fingerprint density at radius 3 is 2.86 bits per heavy atom. The van der Waals surface area contributed by atoms with Crippen molar-refractivity contribution in [3.8, 4) is 6.07 Å². The van der Waals surface area contributed by atoms with Gasteiger partial charge in [-0.25, -0.2) is 0 Å². The lowest BCUT2D eigenvalue weighted by atomic mass is 10.1. The fourth-order valence-corrected chi connectivity index (χ4v) is 3.03. The molecular formula is C15H15ClN4O. The van der Waals surface area contributed by atoms with Gasteiger partial charge in [-0.15, -0.1) is 10.2 Å². The second-order valence-electron chi connectivity index (χ2n) is 5.19. The summed E-state index contributed by atoms with van der Waals surface area (Å²) < 4.78 is 5.58. The Labute approximate surface area is 128 Å². The molecule has 108 valence electrons. The third-order valence-electron chi connectivity index (χ3n) is 3.87. The summed E-state index contributed by atoms with van der Waals surface area (Å²) in [5.41, 5.74) is 2.44. The van der Waals surface area contributed by atoms with E-state index in [-0.39, 0.29) is 6.04 Å². The summed E-state index contributed by atoms with van der Waals surface area (Å²) in [6.45, 7) is 4.64. The van der Waals surface area contributed by atoms with Crippen LogP contribution < -0.4 is 4.90 Å². The molecule has 1 saturated heterocycles. The standard InChI is InChI=1S/C15H15ClN4O/c1-9-12(6-5-11(8-17)14(9)16)20-7-3-4-13(20)15-19-18-10(2)21-15/h5-6,13H,3-4,7H2,1-2H3. The van der Waals surface area contributed by atoms with Crippen molar-refractivity contribution in [2.45, 2.75) is 32.7 Å². The third-order valence-corrected chi connectivity index (χ3v) is 4.35. The van der Waals surface area contributed by atoms with Gasteiger partial charge in [-0.3, -0.25) is 0 Å². The number of nitrogens with zero attached hydrogens (tertiary/aromatic N) is 4. The lowest BCUT2D eigenvalue weighted by Crippen LogP contribution is -2.23. The zero-order chi connectivity index (χ0) is 15.0. The zero-order valence-electron chi connectivity index (χ0n) is 11.9. The monoisotopic (exact) mass is 302 g/mol. The van der Waals surface area contributed by atoms with Crippen LogP contribution >= 0.6 is 11.6 Å². The summed E-state index contributed by atoms with van der Waals surface area (Å²) in [6.07, 6.45) is 2.03. The molecule has 1 fully saturated rings. The number of halogens is 1. The van der Waals surface area contributed by atoms with E-state index in [9.17, 15) is 0 Å². The average molecular weight is 303 g/mol. The fraction of sp³-hybridized carbons (Fsp3) is 0.400. The van der Waals surface area contributed by atoms with Crippen LogP contribution in [-0.4, -0.2) is 16.7 Å². The third kappa shape index (κ3) is 2.36. The normalized spacial score (nSPS) is 18.0. The van der Waals surface area contributed by atoms with Crippen molar-refractivity contribution < 1.29 is 4.42 Å². The van der Waals surface area contributed by atoms with Gasteiger partial charge >= 0.3 is 0 Å². The summed E-state index contributed by atoms with van der Waals surface area (Å²) in [4.78, 5) is 2.23. The Bertz CT molecular complexity index is 719. The summed E-state index contributed by atoms with van der Waals surface area (Å²) in [6, 6.07) is 5.90. The van der Waals surface area contributed by atoms with Crippen LogP contribution in [0.2, 0.25) is 5.02 Å². The van der Waals surface area contributed by atoms with Gasteiger partial charge in [-0.2, -0.15) is 5.26 Å². The van der Waals surface area contributed by atoms with Crippen LogP contribution in [0.1, 0.15) is 41.8 Å². The van der Waals surface area contributed by atoms with Crippen molar-refractivity contribution in [3.63, 3.8) is 0 Å². The van der Waals surface area contributed by atoms with Gasteiger partial charge in [-0.05, 0) is 37.5 Å². The van der Waals surface area contributed by atoms with E-state index in [4.69, 9.17) is 21.3 Å². The summed E-state index contributed by atoms with van der Waals surface area (Å²) in [5.74, 6) is 1.22. The molecule has 0 N–H and O–H groups in total. The summed E-state index contributed by atoms with van der Waals surface area (Å²) >= 11 is 6.27. The molecule has 6 heteroatoms. The maximum Gasteiger partial charge on any atom is 0.238 e. The number of benzene rings is 1. The van der Waals surface area contributed by atoms with E-state index in [1.165, 1.54) is 0 Å². The molecule has 0 bridgehead atoms. The molecule has 3 rings (SSSR count). The van der Waals surface area contributed by atoms with Crippen LogP contribution in [0.5, 0.6) is 0 Å². The topological polar surface area (TPSA) is 66.0 Å². The van der Waals surface area contributed by atoms with Crippen LogP contribution in [0.25, 0.3) is 0 Å². The lowest BCUT2D eigenvalue weighted by molar-refractivity contribution is 0.430. The average Bonchev–Trinajstić information content (AvgIpc) is 3.10. The molecule has 2 aromatic rings. The maximum absolute atomic E-state index is 9.05. The number of nitriles is 1. The highest BCUT2D eigenvalue weighted by molar-refractivity contribution is 6.32. The van der Waals surface area contributed by atoms with Crippen molar-refractivity contribution in [1.82, 2.24) is 10.2 Å². The van der Waals surface area contributed by atoms with Crippen molar-refractivity contribution in [1.29, 1.82) is 5.26 Å². The predicted octanol–water partition coefficient (Wildman–Crippen LogP) is 3.55. The first-order valence-electron chi connectivity index (χ1n) is 6.87. The van der Waals surface area contributed by atoms with E-state index < -0.39 is 0 Å². The molecule has 0 amide bonds. The highest BCUT2D eigenvalue weighted by Crippen LogP contribution is 2.39. The van der Waals surface area contributed by atoms with E-state index >= 15 is 0 Å². The van der Waals surface area contributed by atoms with Gasteiger partial charge in [0.15, 0.2) is 0 Å².